The van der Waals surface area contributed by atoms with Crippen LogP contribution in [0.5, 0.6) is 0 Å². The predicted molar refractivity (Wildman–Crippen MR) is 67.5 cm³/mol. The van der Waals surface area contributed by atoms with Gasteiger partial charge in [0.15, 0.2) is 0 Å². The van der Waals surface area contributed by atoms with E-state index < -0.39 is 0 Å². The van der Waals surface area contributed by atoms with Crippen LogP contribution in [-0.4, -0.2) is 37.5 Å². The summed E-state index contributed by atoms with van der Waals surface area (Å²) >= 11 is 0. The summed E-state index contributed by atoms with van der Waals surface area (Å²) < 4.78 is 0. The lowest BCUT2D eigenvalue weighted by atomic mass is 10.0. The van der Waals surface area contributed by atoms with Crippen molar-refractivity contribution in [3.05, 3.63) is 47.1 Å². The topological polar surface area (TPSA) is 18.5 Å². The second-order valence-corrected chi connectivity index (χ2v) is 4.39. The van der Waals surface area contributed by atoms with Gasteiger partial charge in [-0.15, -0.1) is 0 Å². The number of hydrogen-bond donors (Lipinski definition) is 1. The zero-order chi connectivity index (χ0) is 11.7. The Labute approximate surface area is 97.4 Å². The Morgan fingerprint density at radius 3 is 2.75 bits per heavy atom. The normalized spacial score (nSPS) is 19.1. The summed E-state index contributed by atoms with van der Waals surface area (Å²) in [6.45, 7) is 3.13. The average molecular weight is 217 g/mol. The van der Waals surface area contributed by atoms with Gasteiger partial charge in [0.05, 0.1) is 11.4 Å². The van der Waals surface area contributed by atoms with Crippen molar-refractivity contribution in [2.24, 2.45) is 0 Å². The quantitative estimate of drug-likeness (QED) is 0.759. The van der Waals surface area contributed by atoms with Crippen LogP contribution < -0.4 is 5.32 Å². The lowest BCUT2D eigenvalue weighted by Crippen LogP contribution is -2.31. The van der Waals surface area contributed by atoms with Crippen molar-refractivity contribution in [2.45, 2.75) is 6.92 Å². The minimum Gasteiger partial charge on any atom is -0.388 e. The Morgan fingerprint density at radius 1 is 1.38 bits per heavy atom. The molecule has 0 unspecified atom stereocenters. The van der Waals surface area contributed by atoms with Crippen molar-refractivity contribution < 1.29 is 0 Å². The largest absolute Gasteiger partial charge is 0.388 e. The number of nitrogens with zero attached hydrogens (tertiary/aromatic N) is 2. The van der Waals surface area contributed by atoms with E-state index in [9.17, 15) is 0 Å². The average Bonchev–Trinajstić information content (AvgIpc) is 2.26. The molecule has 2 aliphatic rings. The van der Waals surface area contributed by atoms with E-state index >= 15 is 0 Å². The molecule has 2 aliphatic heterocycles. The first-order valence-electron chi connectivity index (χ1n) is 5.55. The molecule has 1 N–H and O–H groups in total. The van der Waals surface area contributed by atoms with E-state index in [1.165, 1.54) is 22.7 Å². The minimum atomic E-state index is 0.962. The highest BCUT2D eigenvalue weighted by atomic mass is 15.2. The maximum Gasteiger partial charge on any atom is 0.0667 e. The van der Waals surface area contributed by atoms with E-state index in [4.69, 9.17) is 0 Å². The number of hydrogen-bond acceptors (Lipinski definition) is 3. The number of nitrogens with one attached hydrogen (secondary N) is 1. The number of rotatable bonds is 2. The maximum atomic E-state index is 3.25. The number of fused-ring (bicyclic) bond motifs is 1. The molecule has 0 aromatic heterocycles. The molecule has 0 spiro atoms. The van der Waals surface area contributed by atoms with E-state index in [2.05, 4.69) is 60.6 Å². The van der Waals surface area contributed by atoms with Gasteiger partial charge in [-0.1, -0.05) is 0 Å². The Kier molecular flexibility index (Phi) is 2.77. The van der Waals surface area contributed by atoms with Gasteiger partial charge in [0.25, 0.3) is 0 Å². The van der Waals surface area contributed by atoms with Crippen molar-refractivity contribution in [3.63, 3.8) is 0 Å². The van der Waals surface area contributed by atoms with Gasteiger partial charge in [-0.05, 0) is 30.7 Å². The van der Waals surface area contributed by atoms with Crippen molar-refractivity contribution >= 4 is 0 Å². The molecule has 0 aliphatic carbocycles. The van der Waals surface area contributed by atoms with Crippen molar-refractivity contribution in [2.75, 3.05) is 27.7 Å². The molecular formula is C13H19N3. The van der Waals surface area contributed by atoms with Crippen LogP contribution in [0.4, 0.5) is 0 Å². The van der Waals surface area contributed by atoms with Gasteiger partial charge in [-0.3, -0.25) is 0 Å². The summed E-state index contributed by atoms with van der Waals surface area (Å²) in [5.74, 6) is 0. The Hall–Kier alpha value is -1.64. The molecule has 3 nitrogen and oxygen atoms in total. The van der Waals surface area contributed by atoms with E-state index in [1.807, 2.05) is 7.05 Å². The molecule has 0 aromatic rings. The molecule has 0 saturated heterocycles. The van der Waals surface area contributed by atoms with Crippen LogP contribution in [0.15, 0.2) is 47.1 Å². The van der Waals surface area contributed by atoms with Crippen LogP contribution >= 0.6 is 0 Å². The molecule has 86 valence electrons. The summed E-state index contributed by atoms with van der Waals surface area (Å²) in [7, 11) is 6.13. The SMILES string of the molecule is CNC1=C(C)CN2C=CC=C(N(C)C)C2=C1. The molecule has 0 fully saturated rings. The first kappa shape index (κ1) is 10.9. The Morgan fingerprint density at radius 2 is 2.12 bits per heavy atom. The lowest BCUT2D eigenvalue weighted by molar-refractivity contribution is 0.428. The molecule has 2 rings (SSSR count). The Balaban J connectivity index is 2.41. The standard InChI is InChI=1S/C13H19N3/c1-10-9-16-7-5-6-12(15(3)4)13(16)8-11(10)14-2/h5-8,14H,9H2,1-4H3. The summed E-state index contributed by atoms with van der Waals surface area (Å²) in [5.41, 5.74) is 5.12. The molecule has 0 bridgehead atoms. The fraction of sp³-hybridized carbons (Fsp3) is 0.385. The highest BCUT2D eigenvalue weighted by Gasteiger charge is 2.21. The highest BCUT2D eigenvalue weighted by Crippen LogP contribution is 2.28. The van der Waals surface area contributed by atoms with Crippen molar-refractivity contribution in [3.8, 4) is 0 Å². The van der Waals surface area contributed by atoms with Gasteiger partial charge in [0.1, 0.15) is 0 Å². The molecule has 2 heterocycles. The number of likely N-dealkylation sites (N-methyl/N-ethyl adjacent to an activating group) is 2. The van der Waals surface area contributed by atoms with E-state index in [0.29, 0.717) is 0 Å². The summed E-state index contributed by atoms with van der Waals surface area (Å²) in [4.78, 5) is 4.43. The van der Waals surface area contributed by atoms with Crippen LogP contribution in [0.25, 0.3) is 0 Å². The smallest absolute Gasteiger partial charge is 0.0667 e. The van der Waals surface area contributed by atoms with Crippen LogP contribution in [0, 0.1) is 0 Å². The molecule has 3 heteroatoms. The first-order valence-corrected chi connectivity index (χ1v) is 5.55. The van der Waals surface area contributed by atoms with Gasteiger partial charge in [-0.2, -0.15) is 0 Å². The molecule has 0 radical (unpaired) electrons. The monoisotopic (exact) mass is 217 g/mol. The third kappa shape index (κ3) is 1.73. The van der Waals surface area contributed by atoms with Crippen molar-refractivity contribution in [1.29, 1.82) is 0 Å². The van der Waals surface area contributed by atoms with E-state index in [1.54, 1.807) is 0 Å². The minimum absolute atomic E-state index is 0.962. The zero-order valence-electron chi connectivity index (χ0n) is 10.4. The first-order chi connectivity index (χ1) is 7.63. The molecule has 16 heavy (non-hydrogen) atoms. The van der Waals surface area contributed by atoms with E-state index in [0.717, 1.165) is 6.54 Å². The fourth-order valence-corrected chi connectivity index (χ4v) is 2.11. The van der Waals surface area contributed by atoms with Crippen LogP contribution in [0.2, 0.25) is 0 Å². The summed E-state index contributed by atoms with van der Waals surface area (Å²) in [6.07, 6.45) is 8.60. The summed E-state index contributed by atoms with van der Waals surface area (Å²) in [6, 6.07) is 0. The molecular weight excluding hydrogens is 198 g/mol. The maximum absolute atomic E-state index is 3.25. The van der Waals surface area contributed by atoms with Gasteiger partial charge in [0.2, 0.25) is 0 Å². The van der Waals surface area contributed by atoms with Crippen molar-refractivity contribution in [1.82, 2.24) is 15.1 Å². The molecule has 0 saturated carbocycles. The van der Waals surface area contributed by atoms with Gasteiger partial charge >= 0.3 is 0 Å². The zero-order valence-corrected chi connectivity index (χ0v) is 10.4. The molecule has 0 amide bonds. The molecule has 0 atom stereocenters. The highest BCUT2D eigenvalue weighted by molar-refractivity contribution is 5.45. The second-order valence-electron chi connectivity index (χ2n) is 4.39. The van der Waals surface area contributed by atoms with Gasteiger partial charge in [-0.25, -0.2) is 0 Å². The predicted octanol–water partition coefficient (Wildman–Crippen LogP) is 1.65. The second kappa shape index (κ2) is 4.08. The Bertz CT molecular complexity index is 411. The number of allylic oxidation sites excluding steroid dienone is 3. The van der Waals surface area contributed by atoms with Crippen LogP contribution in [0.1, 0.15) is 6.92 Å². The third-order valence-electron chi connectivity index (χ3n) is 2.99. The van der Waals surface area contributed by atoms with Gasteiger partial charge < -0.3 is 15.1 Å². The third-order valence-corrected chi connectivity index (χ3v) is 2.99. The van der Waals surface area contributed by atoms with Crippen LogP contribution in [-0.2, 0) is 0 Å². The summed E-state index contributed by atoms with van der Waals surface area (Å²) in [5, 5.41) is 3.25. The van der Waals surface area contributed by atoms with E-state index in [-0.39, 0.29) is 0 Å². The van der Waals surface area contributed by atoms with Crippen LogP contribution in [0.3, 0.4) is 0 Å². The molecule has 0 aromatic carbocycles. The van der Waals surface area contributed by atoms with Gasteiger partial charge in [0, 0.05) is 39.6 Å². The fourth-order valence-electron chi connectivity index (χ4n) is 2.11. The lowest BCUT2D eigenvalue weighted by Gasteiger charge is -2.35.